The summed E-state index contributed by atoms with van der Waals surface area (Å²) in [6.07, 6.45) is 7.45. The first kappa shape index (κ1) is 13.3. The molecule has 0 amide bonds. The molecule has 1 aliphatic rings. The number of nitrogens with one attached hydrogen (secondary N) is 1. The summed E-state index contributed by atoms with van der Waals surface area (Å²) in [6, 6.07) is 8.04. The van der Waals surface area contributed by atoms with Crippen molar-refractivity contribution in [1.82, 2.24) is 5.32 Å². The zero-order valence-corrected chi connectivity index (χ0v) is 11.1. The Morgan fingerprint density at radius 3 is 2.89 bits per heavy atom. The van der Waals surface area contributed by atoms with Crippen LogP contribution in [0.1, 0.15) is 31.2 Å². The van der Waals surface area contributed by atoms with Crippen LogP contribution in [0.2, 0.25) is 5.02 Å². The van der Waals surface area contributed by atoms with Gasteiger partial charge >= 0.3 is 0 Å². The van der Waals surface area contributed by atoms with Crippen molar-refractivity contribution in [2.45, 2.75) is 31.7 Å². The maximum atomic E-state index is 11.5. The van der Waals surface area contributed by atoms with Gasteiger partial charge in [0.05, 0.1) is 0 Å². The number of ketones is 1. The van der Waals surface area contributed by atoms with Gasteiger partial charge in [-0.05, 0) is 37.1 Å². The van der Waals surface area contributed by atoms with Crippen LogP contribution < -0.4 is 5.32 Å². The summed E-state index contributed by atoms with van der Waals surface area (Å²) in [5.74, 6) is 0.380. The lowest BCUT2D eigenvalue weighted by atomic mass is 10.1. The topological polar surface area (TPSA) is 29.1 Å². The molecule has 1 heterocycles. The Morgan fingerprint density at radius 1 is 1.33 bits per heavy atom. The van der Waals surface area contributed by atoms with Gasteiger partial charge in [-0.15, -0.1) is 0 Å². The quantitative estimate of drug-likeness (QED) is 0.905. The average Bonchev–Trinajstić information content (AvgIpc) is 2.56. The second-order valence-electron chi connectivity index (χ2n) is 4.69. The van der Waals surface area contributed by atoms with E-state index in [0.717, 1.165) is 36.4 Å². The minimum Gasteiger partial charge on any atom is -0.313 e. The number of benzene rings is 1. The van der Waals surface area contributed by atoms with Crippen molar-refractivity contribution in [2.75, 3.05) is 6.54 Å². The van der Waals surface area contributed by atoms with E-state index in [-0.39, 0.29) is 0 Å². The summed E-state index contributed by atoms with van der Waals surface area (Å²) in [7, 11) is 0. The number of halogens is 1. The van der Waals surface area contributed by atoms with E-state index >= 15 is 0 Å². The average molecular weight is 264 g/mol. The van der Waals surface area contributed by atoms with Gasteiger partial charge in [-0.3, -0.25) is 4.79 Å². The van der Waals surface area contributed by atoms with Gasteiger partial charge < -0.3 is 5.32 Å². The molecule has 96 valence electrons. The Morgan fingerprint density at radius 2 is 2.11 bits per heavy atom. The molecule has 1 aliphatic heterocycles. The smallest absolute Gasteiger partial charge is 0.134 e. The molecule has 0 saturated carbocycles. The summed E-state index contributed by atoms with van der Waals surface area (Å²) in [6.45, 7) is 0.950. The second-order valence-corrected chi connectivity index (χ2v) is 5.12. The first-order chi connectivity index (χ1) is 8.74. The van der Waals surface area contributed by atoms with E-state index in [1.165, 1.54) is 0 Å². The van der Waals surface area contributed by atoms with Crippen LogP contribution in [-0.4, -0.2) is 18.4 Å². The molecule has 3 heteroatoms. The lowest BCUT2D eigenvalue weighted by Gasteiger charge is -2.11. The Balaban J connectivity index is 1.86. The van der Waals surface area contributed by atoms with E-state index < -0.39 is 0 Å². The Kier molecular flexibility index (Phi) is 4.97. The molecule has 1 N–H and O–H groups in total. The highest BCUT2D eigenvalue weighted by molar-refractivity contribution is 6.30. The molecule has 1 atom stereocenters. The molecule has 18 heavy (non-hydrogen) atoms. The zero-order chi connectivity index (χ0) is 12.8. The van der Waals surface area contributed by atoms with Crippen molar-refractivity contribution < 1.29 is 4.79 Å². The highest BCUT2D eigenvalue weighted by atomic mass is 35.5. The van der Waals surface area contributed by atoms with Gasteiger partial charge in [0, 0.05) is 23.9 Å². The fourth-order valence-corrected chi connectivity index (χ4v) is 2.28. The van der Waals surface area contributed by atoms with E-state index in [2.05, 4.69) is 17.5 Å². The second kappa shape index (κ2) is 6.72. The molecule has 1 unspecified atom stereocenters. The number of carbonyl (C=O) groups is 1. The van der Waals surface area contributed by atoms with E-state index in [9.17, 15) is 4.79 Å². The summed E-state index contributed by atoms with van der Waals surface area (Å²) in [5, 5.41) is 4.17. The molecule has 0 spiro atoms. The zero-order valence-electron chi connectivity index (χ0n) is 10.4. The Bertz CT molecular complexity index is 425. The highest BCUT2D eigenvalue weighted by Crippen LogP contribution is 2.12. The number of hydrogen-bond acceptors (Lipinski definition) is 2. The van der Waals surface area contributed by atoms with Crippen LogP contribution in [0.25, 0.3) is 6.08 Å². The van der Waals surface area contributed by atoms with Crippen molar-refractivity contribution in [2.24, 2.45) is 0 Å². The molecular formula is C15H18ClNO. The molecular weight excluding hydrogens is 246 g/mol. The Labute approximate surface area is 113 Å². The van der Waals surface area contributed by atoms with Gasteiger partial charge in [0.2, 0.25) is 0 Å². The molecule has 1 fully saturated rings. The van der Waals surface area contributed by atoms with Crippen LogP contribution in [0.5, 0.6) is 0 Å². The van der Waals surface area contributed by atoms with Crippen LogP contribution in [0.4, 0.5) is 0 Å². The van der Waals surface area contributed by atoms with E-state index in [1.807, 2.05) is 24.3 Å². The first-order valence-electron chi connectivity index (χ1n) is 6.41. The summed E-state index contributed by atoms with van der Waals surface area (Å²) < 4.78 is 0. The minimum atomic E-state index is 0.295. The van der Waals surface area contributed by atoms with Crippen LogP contribution in [0.15, 0.2) is 30.3 Å². The molecule has 0 bridgehead atoms. The Hall–Kier alpha value is -1.12. The number of hydrogen-bond donors (Lipinski definition) is 1. The van der Waals surface area contributed by atoms with Gasteiger partial charge in [0.25, 0.3) is 0 Å². The van der Waals surface area contributed by atoms with E-state index in [1.54, 1.807) is 0 Å². The fourth-order valence-electron chi connectivity index (χ4n) is 2.15. The number of carbonyl (C=O) groups excluding carboxylic acids is 1. The largest absolute Gasteiger partial charge is 0.313 e. The van der Waals surface area contributed by atoms with Crippen molar-refractivity contribution in [1.29, 1.82) is 0 Å². The predicted octanol–water partition coefficient (Wildman–Crippen LogP) is 3.45. The molecule has 1 aromatic rings. The standard InChI is InChI=1S/C15H18ClNO/c16-13-8-6-12(7-9-13)3-1-4-14-11-15(18)5-2-10-17-14/h1,3,6-9,14,17H,2,4-5,10-11H2. The van der Waals surface area contributed by atoms with Gasteiger partial charge in [-0.1, -0.05) is 35.9 Å². The monoisotopic (exact) mass is 263 g/mol. The van der Waals surface area contributed by atoms with Gasteiger partial charge in [-0.25, -0.2) is 0 Å². The third-order valence-corrected chi connectivity index (χ3v) is 3.39. The lowest BCUT2D eigenvalue weighted by molar-refractivity contribution is -0.119. The summed E-state index contributed by atoms with van der Waals surface area (Å²) in [5.41, 5.74) is 1.14. The van der Waals surface area contributed by atoms with Crippen molar-refractivity contribution in [3.05, 3.63) is 40.9 Å². The van der Waals surface area contributed by atoms with Crippen LogP contribution in [-0.2, 0) is 4.79 Å². The molecule has 1 aromatic carbocycles. The summed E-state index contributed by atoms with van der Waals surface area (Å²) in [4.78, 5) is 11.5. The highest BCUT2D eigenvalue weighted by Gasteiger charge is 2.15. The number of rotatable bonds is 3. The summed E-state index contributed by atoms with van der Waals surface area (Å²) >= 11 is 5.83. The van der Waals surface area contributed by atoms with Gasteiger partial charge in [-0.2, -0.15) is 0 Å². The third-order valence-electron chi connectivity index (χ3n) is 3.14. The normalized spacial score (nSPS) is 21.2. The van der Waals surface area contributed by atoms with Crippen LogP contribution >= 0.6 is 11.6 Å². The van der Waals surface area contributed by atoms with Crippen molar-refractivity contribution in [3.63, 3.8) is 0 Å². The molecule has 2 nitrogen and oxygen atoms in total. The third kappa shape index (κ3) is 4.28. The maximum Gasteiger partial charge on any atom is 0.134 e. The maximum absolute atomic E-state index is 11.5. The SMILES string of the molecule is O=C1CCCNC(CC=Cc2ccc(Cl)cc2)C1. The molecule has 0 aliphatic carbocycles. The minimum absolute atomic E-state index is 0.295. The van der Waals surface area contributed by atoms with E-state index in [4.69, 9.17) is 11.6 Å². The molecule has 0 aromatic heterocycles. The lowest BCUT2D eigenvalue weighted by Crippen LogP contribution is -2.28. The molecule has 2 rings (SSSR count). The fraction of sp³-hybridized carbons (Fsp3) is 0.400. The molecule has 0 radical (unpaired) electrons. The van der Waals surface area contributed by atoms with Crippen LogP contribution in [0, 0.1) is 0 Å². The first-order valence-corrected chi connectivity index (χ1v) is 6.79. The van der Waals surface area contributed by atoms with Gasteiger partial charge in [0.15, 0.2) is 0 Å². The van der Waals surface area contributed by atoms with Crippen LogP contribution in [0.3, 0.4) is 0 Å². The predicted molar refractivity (Wildman–Crippen MR) is 75.8 cm³/mol. The van der Waals surface area contributed by atoms with Gasteiger partial charge in [0.1, 0.15) is 5.78 Å². The molecule has 1 saturated heterocycles. The van der Waals surface area contributed by atoms with E-state index in [0.29, 0.717) is 18.2 Å². The van der Waals surface area contributed by atoms with Crippen molar-refractivity contribution in [3.8, 4) is 0 Å². The number of Topliss-reactive ketones (excluding diaryl/α,β-unsaturated/α-hetero) is 1. The van der Waals surface area contributed by atoms with Crippen molar-refractivity contribution >= 4 is 23.5 Å².